The summed E-state index contributed by atoms with van der Waals surface area (Å²) in [5.74, 6) is 0.0161. The van der Waals surface area contributed by atoms with Gasteiger partial charge in [0, 0.05) is 12.2 Å². The number of carbonyl (C=O) groups excluding carboxylic acids is 1. The minimum absolute atomic E-state index is 0.103. The zero-order valence-electron chi connectivity index (χ0n) is 12.8. The van der Waals surface area contributed by atoms with Gasteiger partial charge < -0.3 is 14.7 Å². The highest BCUT2D eigenvalue weighted by Crippen LogP contribution is 2.34. The summed E-state index contributed by atoms with van der Waals surface area (Å²) in [4.78, 5) is 14.6. The quantitative estimate of drug-likeness (QED) is 0.925. The molecular weight excluding hydrogens is 278 g/mol. The van der Waals surface area contributed by atoms with Gasteiger partial charge in [0.2, 0.25) is 0 Å². The molecule has 0 saturated heterocycles. The van der Waals surface area contributed by atoms with Crippen LogP contribution in [0.3, 0.4) is 0 Å². The number of hydrogen-bond donors (Lipinski definition) is 1. The van der Waals surface area contributed by atoms with E-state index in [1.165, 1.54) is 18.2 Å². The van der Waals surface area contributed by atoms with Crippen LogP contribution in [0.25, 0.3) is 0 Å². The standard InChI is InChI=1S/C18H19NO3/c1-12-8-9-15-13(11-12)5-4-10-19(15)18(21)14-6-3-7-16(22-2)17(14)20/h3,6-9,11,20H,4-5,10H2,1-2H3. The van der Waals surface area contributed by atoms with E-state index in [-0.39, 0.29) is 17.2 Å². The molecule has 0 aromatic heterocycles. The van der Waals surface area contributed by atoms with Crippen molar-refractivity contribution >= 4 is 11.6 Å². The van der Waals surface area contributed by atoms with Gasteiger partial charge in [0.05, 0.1) is 12.7 Å². The van der Waals surface area contributed by atoms with Crippen LogP contribution < -0.4 is 9.64 Å². The summed E-state index contributed by atoms with van der Waals surface area (Å²) in [7, 11) is 1.47. The smallest absolute Gasteiger partial charge is 0.262 e. The minimum Gasteiger partial charge on any atom is -0.504 e. The highest BCUT2D eigenvalue weighted by Gasteiger charge is 2.26. The predicted octanol–water partition coefficient (Wildman–Crippen LogP) is 3.30. The highest BCUT2D eigenvalue weighted by atomic mass is 16.5. The molecule has 0 fully saturated rings. The Balaban J connectivity index is 2.01. The molecule has 1 amide bonds. The Morgan fingerprint density at radius 1 is 1.27 bits per heavy atom. The number of phenolic OH excluding ortho intramolecular Hbond substituents is 1. The molecule has 0 radical (unpaired) electrons. The molecule has 1 N–H and O–H groups in total. The van der Waals surface area contributed by atoms with Crippen molar-refractivity contribution in [2.45, 2.75) is 19.8 Å². The van der Waals surface area contributed by atoms with E-state index < -0.39 is 0 Å². The van der Waals surface area contributed by atoms with Crippen LogP contribution in [0.4, 0.5) is 5.69 Å². The average Bonchev–Trinajstić information content (AvgIpc) is 2.53. The van der Waals surface area contributed by atoms with Crippen LogP contribution in [-0.2, 0) is 6.42 Å². The fraction of sp³-hybridized carbons (Fsp3) is 0.278. The number of phenols is 1. The minimum atomic E-state index is -0.193. The first kappa shape index (κ1) is 14.4. The van der Waals surface area contributed by atoms with Gasteiger partial charge in [0.1, 0.15) is 0 Å². The van der Waals surface area contributed by atoms with Gasteiger partial charge in [-0.3, -0.25) is 4.79 Å². The van der Waals surface area contributed by atoms with E-state index in [1.807, 2.05) is 12.1 Å². The number of anilines is 1. The molecular formula is C18H19NO3. The van der Waals surface area contributed by atoms with E-state index in [2.05, 4.69) is 13.0 Å². The maximum atomic E-state index is 12.8. The first-order valence-corrected chi connectivity index (χ1v) is 7.39. The average molecular weight is 297 g/mol. The molecule has 1 aliphatic heterocycles. The zero-order chi connectivity index (χ0) is 15.7. The summed E-state index contributed by atoms with van der Waals surface area (Å²) in [6.45, 7) is 2.71. The summed E-state index contributed by atoms with van der Waals surface area (Å²) >= 11 is 0. The second-order valence-electron chi connectivity index (χ2n) is 5.55. The first-order chi connectivity index (χ1) is 10.6. The number of aryl methyl sites for hydroxylation is 2. The summed E-state index contributed by atoms with van der Waals surface area (Å²) in [6, 6.07) is 11.1. The zero-order valence-corrected chi connectivity index (χ0v) is 12.8. The van der Waals surface area contributed by atoms with Crippen molar-refractivity contribution in [3.05, 3.63) is 53.1 Å². The number of benzene rings is 2. The van der Waals surface area contributed by atoms with Gasteiger partial charge in [-0.2, -0.15) is 0 Å². The molecule has 1 heterocycles. The van der Waals surface area contributed by atoms with Crippen molar-refractivity contribution in [2.75, 3.05) is 18.6 Å². The van der Waals surface area contributed by atoms with E-state index >= 15 is 0 Å². The topological polar surface area (TPSA) is 49.8 Å². The summed E-state index contributed by atoms with van der Waals surface area (Å²) < 4.78 is 5.09. The van der Waals surface area contributed by atoms with Gasteiger partial charge in [-0.1, -0.05) is 23.8 Å². The molecule has 4 nitrogen and oxygen atoms in total. The Kier molecular flexibility index (Phi) is 3.75. The van der Waals surface area contributed by atoms with E-state index in [4.69, 9.17) is 4.74 Å². The molecule has 2 aromatic carbocycles. The molecule has 2 aromatic rings. The fourth-order valence-corrected chi connectivity index (χ4v) is 2.94. The van der Waals surface area contributed by atoms with Crippen LogP contribution in [0.2, 0.25) is 0 Å². The lowest BCUT2D eigenvalue weighted by atomic mass is 9.98. The van der Waals surface area contributed by atoms with Gasteiger partial charge in [0.15, 0.2) is 11.5 Å². The summed E-state index contributed by atoms with van der Waals surface area (Å²) in [5.41, 5.74) is 3.58. The third-order valence-corrected chi connectivity index (χ3v) is 4.05. The molecule has 0 unspecified atom stereocenters. The van der Waals surface area contributed by atoms with Gasteiger partial charge in [0.25, 0.3) is 5.91 Å². The molecule has 1 aliphatic rings. The largest absolute Gasteiger partial charge is 0.504 e. The Morgan fingerprint density at radius 3 is 2.86 bits per heavy atom. The van der Waals surface area contributed by atoms with Gasteiger partial charge in [-0.25, -0.2) is 0 Å². The number of hydrogen-bond acceptors (Lipinski definition) is 3. The van der Waals surface area contributed by atoms with Crippen molar-refractivity contribution in [2.24, 2.45) is 0 Å². The van der Waals surface area contributed by atoms with Crippen LogP contribution in [0.1, 0.15) is 27.9 Å². The Bertz CT molecular complexity index is 724. The Hall–Kier alpha value is -2.49. The number of aromatic hydroxyl groups is 1. The SMILES string of the molecule is COc1cccc(C(=O)N2CCCc3cc(C)ccc32)c1O. The van der Waals surface area contributed by atoms with Crippen molar-refractivity contribution in [3.8, 4) is 11.5 Å². The number of nitrogens with zero attached hydrogens (tertiary/aromatic N) is 1. The van der Waals surface area contributed by atoms with Crippen molar-refractivity contribution in [1.82, 2.24) is 0 Å². The van der Waals surface area contributed by atoms with E-state index in [0.29, 0.717) is 12.3 Å². The maximum absolute atomic E-state index is 12.8. The molecule has 22 heavy (non-hydrogen) atoms. The molecule has 0 aliphatic carbocycles. The van der Waals surface area contributed by atoms with Gasteiger partial charge in [-0.05, 0) is 43.5 Å². The molecule has 0 saturated carbocycles. The highest BCUT2D eigenvalue weighted by molar-refractivity contribution is 6.08. The lowest BCUT2D eigenvalue weighted by Crippen LogP contribution is -2.35. The van der Waals surface area contributed by atoms with Gasteiger partial charge >= 0.3 is 0 Å². The van der Waals surface area contributed by atoms with E-state index in [1.54, 1.807) is 23.1 Å². The molecule has 0 spiro atoms. The van der Waals surface area contributed by atoms with Crippen molar-refractivity contribution < 1.29 is 14.6 Å². The molecule has 4 heteroatoms. The molecule has 114 valence electrons. The number of carbonyl (C=O) groups is 1. The number of amides is 1. The predicted molar refractivity (Wildman–Crippen MR) is 85.8 cm³/mol. The maximum Gasteiger partial charge on any atom is 0.262 e. The monoisotopic (exact) mass is 297 g/mol. The van der Waals surface area contributed by atoms with E-state index in [0.717, 1.165) is 18.5 Å². The Labute approximate surface area is 130 Å². The molecule has 0 atom stereocenters. The second-order valence-corrected chi connectivity index (χ2v) is 5.55. The number of rotatable bonds is 2. The lowest BCUT2D eigenvalue weighted by Gasteiger charge is -2.30. The summed E-state index contributed by atoms with van der Waals surface area (Å²) in [6.07, 6.45) is 1.90. The first-order valence-electron chi connectivity index (χ1n) is 7.39. The fourth-order valence-electron chi connectivity index (χ4n) is 2.94. The number of ether oxygens (including phenoxy) is 1. The second kappa shape index (κ2) is 5.72. The number of fused-ring (bicyclic) bond motifs is 1. The lowest BCUT2D eigenvalue weighted by molar-refractivity contribution is 0.0982. The van der Waals surface area contributed by atoms with Crippen LogP contribution in [0, 0.1) is 6.92 Å². The molecule has 3 rings (SSSR count). The van der Waals surface area contributed by atoms with Crippen molar-refractivity contribution in [3.63, 3.8) is 0 Å². The Morgan fingerprint density at radius 2 is 2.09 bits per heavy atom. The van der Waals surface area contributed by atoms with Crippen molar-refractivity contribution in [1.29, 1.82) is 0 Å². The van der Waals surface area contributed by atoms with Crippen LogP contribution >= 0.6 is 0 Å². The van der Waals surface area contributed by atoms with Crippen LogP contribution in [0.5, 0.6) is 11.5 Å². The van der Waals surface area contributed by atoms with Gasteiger partial charge in [-0.15, -0.1) is 0 Å². The van der Waals surface area contributed by atoms with Crippen LogP contribution in [-0.4, -0.2) is 24.7 Å². The third-order valence-electron chi connectivity index (χ3n) is 4.05. The van der Waals surface area contributed by atoms with Crippen LogP contribution in [0.15, 0.2) is 36.4 Å². The summed E-state index contributed by atoms with van der Waals surface area (Å²) in [5, 5.41) is 10.2. The third kappa shape index (κ3) is 2.41. The van der Waals surface area contributed by atoms with E-state index in [9.17, 15) is 9.90 Å². The number of methoxy groups -OCH3 is 1. The normalized spacial score (nSPS) is 13.6. The number of para-hydroxylation sites is 1. The molecule has 0 bridgehead atoms.